The third-order valence-electron chi connectivity index (χ3n) is 3.51. The van der Waals surface area contributed by atoms with Gasteiger partial charge >= 0.3 is 0 Å². The van der Waals surface area contributed by atoms with Crippen molar-refractivity contribution >= 4 is 15.9 Å². The van der Waals surface area contributed by atoms with Crippen molar-refractivity contribution in [2.75, 3.05) is 0 Å². The number of alkyl halides is 1. The first-order valence-corrected chi connectivity index (χ1v) is 6.98. The Morgan fingerprint density at radius 1 is 1.25 bits per heavy atom. The summed E-state index contributed by atoms with van der Waals surface area (Å²) in [6, 6.07) is 5.59. The van der Waals surface area contributed by atoms with E-state index in [-0.39, 0.29) is 5.82 Å². The van der Waals surface area contributed by atoms with Gasteiger partial charge in [-0.15, -0.1) is 0 Å². The summed E-state index contributed by atoms with van der Waals surface area (Å²) in [6.07, 6.45) is 6.31. The Morgan fingerprint density at radius 3 is 2.75 bits per heavy atom. The lowest BCUT2D eigenvalue weighted by Crippen LogP contribution is -2.04. The predicted molar refractivity (Wildman–Crippen MR) is 69.7 cm³/mol. The molecule has 0 bridgehead atoms. The van der Waals surface area contributed by atoms with Crippen LogP contribution in [0.4, 0.5) is 4.39 Å². The fourth-order valence-corrected chi connectivity index (χ4v) is 3.30. The van der Waals surface area contributed by atoms with E-state index in [1.165, 1.54) is 37.7 Å². The van der Waals surface area contributed by atoms with Gasteiger partial charge < -0.3 is 0 Å². The minimum Gasteiger partial charge on any atom is -0.207 e. The standard InChI is InChI=1S/C14H18BrF/c1-10-8-12(6-7-14(10)16)11-4-2-3-5-13(15)9-11/h6-8,11,13H,2-5,9H2,1H3. The second-order valence-electron chi connectivity index (χ2n) is 4.82. The molecule has 1 saturated carbocycles. The average molecular weight is 285 g/mol. The van der Waals surface area contributed by atoms with Gasteiger partial charge in [0.2, 0.25) is 0 Å². The second-order valence-corrected chi connectivity index (χ2v) is 6.12. The summed E-state index contributed by atoms with van der Waals surface area (Å²) in [5, 5.41) is 0. The van der Waals surface area contributed by atoms with Crippen molar-refractivity contribution in [3.8, 4) is 0 Å². The molecular formula is C14H18BrF. The number of halogens is 2. The van der Waals surface area contributed by atoms with Gasteiger partial charge in [0.05, 0.1) is 0 Å². The SMILES string of the molecule is Cc1cc(C2CCCCC(Br)C2)ccc1F. The summed E-state index contributed by atoms with van der Waals surface area (Å²) in [4.78, 5) is 0.630. The van der Waals surface area contributed by atoms with Gasteiger partial charge in [-0.05, 0) is 49.3 Å². The Labute approximate surface area is 105 Å². The largest absolute Gasteiger partial charge is 0.207 e. The van der Waals surface area contributed by atoms with E-state index in [0.717, 1.165) is 5.56 Å². The molecule has 0 heterocycles. The van der Waals surface area contributed by atoms with E-state index in [2.05, 4.69) is 15.9 Å². The molecule has 0 amide bonds. The van der Waals surface area contributed by atoms with Gasteiger partial charge in [0, 0.05) is 4.83 Å². The maximum absolute atomic E-state index is 13.2. The molecule has 1 aromatic carbocycles. The number of rotatable bonds is 1. The maximum atomic E-state index is 13.2. The van der Waals surface area contributed by atoms with Crippen LogP contribution in [0.3, 0.4) is 0 Å². The summed E-state index contributed by atoms with van der Waals surface area (Å²) in [7, 11) is 0. The molecule has 1 aliphatic rings. The summed E-state index contributed by atoms with van der Waals surface area (Å²) >= 11 is 3.73. The zero-order valence-electron chi connectivity index (χ0n) is 9.68. The Morgan fingerprint density at radius 2 is 2.00 bits per heavy atom. The average Bonchev–Trinajstić information content (AvgIpc) is 2.47. The smallest absolute Gasteiger partial charge is 0.126 e. The van der Waals surface area contributed by atoms with Crippen molar-refractivity contribution in [3.63, 3.8) is 0 Å². The highest BCUT2D eigenvalue weighted by molar-refractivity contribution is 9.09. The molecule has 2 atom stereocenters. The molecule has 88 valence electrons. The van der Waals surface area contributed by atoms with Crippen LogP contribution >= 0.6 is 15.9 Å². The van der Waals surface area contributed by atoms with Crippen LogP contribution in [-0.4, -0.2) is 4.83 Å². The van der Waals surface area contributed by atoms with Crippen molar-refractivity contribution in [2.45, 2.75) is 49.8 Å². The van der Waals surface area contributed by atoms with Crippen molar-refractivity contribution in [1.82, 2.24) is 0 Å². The van der Waals surface area contributed by atoms with Crippen molar-refractivity contribution in [2.24, 2.45) is 0 Å². The van der Waals surface area contributed by atoms with Crippen LogP contribution in [0.5, 0.6) is 0 Å². The number of hydrogen-bond donors (Lipinski definition) is 0. The highest BCUT2D eigenvalue weighted by atomic mass is 79.9. The van der Waals surface area contributed by atoms with Gasteiger partial charge in [0.25, 0.3) is 0 Å². The quantitative estimate of drug-likeness (QED) is 0.506. The zero-order valence-corrected chi connectivity index (χ0v) is 11.3. The van der Waals surface area contributed by atoms with E-state index in [1.54, 1.807) is 6.07 Å². The van der Waals surface area contributed by atoms with Crippen LogP contribution in [-0.2, 0) is 0 Å². The minimum atomic E-state index is -0.0900. The van der Waals surface area contributed by atoms with E-state index < -0.39 is 0 Å². The zero-order chi connectivity index (χ0) is 11.5. The number of aryl methyl sites for hydroxylation is 1. The first-order chi connectivity index (χ1) is 7.66. The van der Waals surface area contributed by atoms with E-state index in [1.807, 2.05) is 19.1 Å². The van der Waals surface area contributed by atoms with Crippen LogP contribution in [0.1, 0.15) is 49.1 Å². The lowest BCUT2D eigenvalue weighted by molar-refractivity contribution is 0.589. The van der Waals surface area contributed by atoms with Gasteiger partial charge in [-0.3, -0.25) is 0 Å². The highest BCUT2D eigenvalue weighted by Crippen LogP contribution is 2.35. The molecule has 0 N–H and O–H groups in total. The summed E-state index contributed by atoms with van der Waals surface area (Å²) in [5.74, 6) is 0.513. The molecule has 0 saturated heterocycles. The van der Waals surface area contributed by atoms with Gasteiger partial charge in [-0.2, -0.15) is 0 Å². The lowest BCUT2D eigenvalue weighted by atomic mass is 9.91. The normalized spacial score (nSPS) is 26.4. The molecule has 0 aromatic heterocycles. The Balaban J connectivity index is 2.18. The Bertz CT molecular complexity index is 362. The van der Waals surface area contributed by atoms with Crippen molar-refractivity contribution in [1.29, 1.82) is 0 Å². The van der Waals surface area contributed by atoms with E-state index in [0.29, 0.717) is 10.7 Å². The first-order valence-electron chi connectivity index (χ1n) is 6.07. The fraction of sp³-hybridized carbons (Fsp3) is 0.571. The Kier molecular flexibility index (Phi) is 4.01. The van der Waals surface area contributed by atoms with Gasteiger partial charge in [0.1, 0.15) is 5.82 Å². The van der Waals surface area contributed by atoms with E-state index in [4.69, 9.17) is 0 Å². The molecule has 1 aromatic rings. The molecule has 1 fully saturated rings. The Hall–Kier alpha value is -0.370. The molecule has 2 unspecified atom stereocenters. The van der Waals surface area contributed by atoms with Crippen LogP contribution in [0, 0.1) is 12.7 Å². The fourth-order valence-electron chi connectivity index (χ4n) is 2.53. The van der Waals surface area contributed by atoms with Crippen LogP contribution in [0.15, 0.2) is 18.2 Å². The molecule has 1 aliphatic carbocycles. The third-order valence-corrected chi connectivity index (χ3v) is 4.35. The van der Waals surface area contributed by atoms with Crippen molar-refractivity contribution in [3.05, 3.63) is 35.1 Å². The van der Waals surface area contributed by atoms with E-state index in [9.17, 15) is 4.39 Å². The minimum absolute atomic E-state index is 0.0900. The monoisotopic (exact) mass is 284 g/mol. The van der Waals surface area contributed by atoms with Crippen molar-refractivity contribution < 1.29 is 4.39 Å². The molecule has 0 spiro atoms. The van der Waals surface area contributed by atoms with Gasteiger partial charge in [0.15, 0.2) is 0 Å². The number of benzene rings is 1. The summed E-state index contributed by atoms with van der Waals surface area (Å²) in [5.41, 5.74) is 2.08. The molecule has 0 nitrogen and oxygen atoms in total. The van der Waals surface area contributed by atoms with Gasteiger partial charge in [-0.1, -0.05) is 40.9 Å². The summed E-state index contributed by atoms with van der Waals surface area (Å²) in [6.45, 7) is 1.85. The molecular weight excluding hydrogens is 267 g/mol. The van der Waals surface area contributed by atoms with Gasteiger partial charge in [-0.25, -0.2) is 4.39 Å². The summed E-state index contributed by atoms with van der Waals surface area (Å²) < 4.78 is 13.2. The molecule has 16 heavy (non-hydrogen) atoms. The third kappa shape index (κ3) is 2.85. The van der Waals surface area contributed by atoms with E-state index >= 15 is 0 Å². The van der Waals surface area contributed by atoms with Crippen LogP contribution in [0.25, 0.3) is 0 Å². The van der Waals surface area contributed by atoms with Crippen LogP contribution in [0.2, 0.25) is 0 Å². The molecule has 2 heteroatoms. The number of hydrogen-bond acceptors (Lipinski definition) is 0. The lowest BCUT2D eigenvalue weighted by Gasteiger charge is -2.17. The molecule has 0 radical (unpaired) electrons. The predicted octanol–water partition coefficient (Wildman–Crippen LogP) is 4.95. The highest BCUT2D eigenvalue weighted by Gasteiger charge is 2.20. The first kappa shape index (κ1) is 12.1. The topological polar surface area (TPSA) is 0 Å². The second kappa shape index (κ2) is 5.31. The molecule has 2 rings (SSSR count). The maximum Gasteiger partial charge on any atom is 0.126 e. The molecule has 0 aliphatic heterocycles. The van der Waals surface area contributed by atoms with Crippen LogP contribution < -0.4 is 0 Å².